The number of amides is 1. The first-order valence-electron chi connectivity index (χ1n) is 13.1. The van der Waals surface area contributed by atoms with Crippen molar-refractivity contribution < 1.29 is 18.7 Å². The zero-order valence-corrected chi connectivity index (χ0v) is 20.9. The lowest BCUT2D eigenvalue weighted by Gasteiger charge is -2.29. The van der Waals surface area contributed by atoms with Gasteiger partial charge in [-0.1, -0.05) is 44.0 Å². The average molecular weight is 491 g/mol. The van der Waals surface area contributed by atoms with Crippen LogP contribution in [0, 0.1) is 0 Å². The van der Waals surface area contributed by atoms with Crippen LogP contribution in [0.3, 0.4) is 0 Å². The van der Waals surface area contributed by atoms with Crippen molar-refractivity contribution in [2.24, 2.45) is 0 Å². The second kappa shape index (κ2) is 11.3. The number of hydrogen-bond donors (Lipinski definition) is 0. The van der Waals surface area contributed by atoms with Gasteiger partial charge in [0.25, 0.3) is 5.91 Å². The van der Waals surface area contributed by atoms with Crippen LogP contribution in [0.5, 0.6) is 5.75 Å². The van der Waals surface area contributed by atoms with Gasteiger partial charge in [-0.05, 0) is 42.7 Å². The first-order valence-corrected chi connectivity index (χ1v) is 13.1. The van der Waals surface area contributed by atoms with Crippen LogP contribution in [0.1, 0.15) is 60.3 Å². The van der Waals surface area contributed by atoms with Crippen molar-refractivity contribution in [2.45, 2.75) is 38.6 Å². The maximum atomic E-state index is 13.6. The van der Waals surface area contributed by atoms with E-state index in [2.05, 4.69) is 11.8 Å². The van der Waals surface area contributed by atoms with Gasteiger partial charge < -0.3 is 18.8 Å². The van der Waals surface area contributed by atoms with E-state index in [0.717, 1.165) is 69.8 Å². The number of ether oxygens (including phenoxy) is 2. The fourth-order valence-corrected chi connectivity index (χ4v) is 5.12. The molecule has 1 saturated heterocycles. The van der Waals surface area contributed by atoms with Gasteiger partial charge in [0.05, 0.1) is 36.8 Å². The third kappa shape index (κ3) is 5.04. The van der Waals surface area contributed by atoms with Gasteiger partial charge in [0.2, 0.25) is 5.76 Å². The molecule has 1 atom stereocenters. The number of fused-ring (bicyclic) bond motifs is 2. The first-order chi connectivity index (χ1) is 17.7. The van der Waals surface area contributed by atoms with Crippen molar-refractivity contribution in [1.29, 1.82) is 0 Å². The maximum Gasteiger partial charge on any atom is 0.290 e. The molecule has 0 radical (unpaired) electrons. The summed E-state index contributed by atoms with van der Waals surface area (Å²) in [4.78, 5) is 31.3. The van der Waals surface area contributed by atoms with Gasteiger partial charge in [0.1, 0.15) is 11.3 Å². The summed E-state index contributed by atoms with van der Waals surface area (Å²) >= 11 is 0. The van der Waals surface area contributed by atoms with E-state index in [1.54, 1.807) is 17.0 Å². The Morgan fingerprint density at radius 2 is 1.72 bits per heavy atom. The zero-order valence-electron chi connectivity index (χ0n) is 20.9. The molecule has 0 bridgehead atoms. The molecule has 2 aliphatic rings. The Morgan fingerprint density at radius 1 is 0.944 bits per heavy atom. The van der Waals surface area contributed by atoms with Gasteiger partial charge in [-0.2, -0.15) is 0 Å². The molecule has 0 spiro atoms. The fourth-order valence-electron chi connectivity index (χ4n) is 5.12. The van der Waals surface area contributed by atoms with Gasteiger partial charge in [0, 0.05) is 26.2 Å². The van der Waals surface area contributed by atoms with E-state index in [1.807, 2.05) is 36.4 Å². The molecular weight excluding hydrogens is 456 g/mol. The van der Waals surface area contributed by atoms with Gasteiger partial charge in [0.15, 0.2) is 5.43 Å². The number of nitrogens with zero attached hydrogens (tertiary/aromatic N) is 2. The van der Waals surface area contributed by atoms with Gasteiger partial charge in [-0.3, -0.25) is 14.5 Å². The van der Waals surface area contributed by atoms with E-state index in [9.17, 15) is 9.59 Å². The molecular formula is C29H34N2O5. The number of carbonyl (C=O) groups is 1. The Kier molecular flexibility index (Phi) is 7.68. The van der Waals surface area contributed by atoms with Crippen LogP contribution in [-0.2, 0) is 4.74 Å². The van der Waals surface area contributed by atoms with E-state index in [-0.39, 0.29) is 17.1 Å². The van der Waals surface area contributed by atoms with E-state index in [0.29, 0.717) is 29.7 Å². The molecule has 0 saturated carbocycles. The summed E-state index contributed by atoms with van der Waals surface area (Å²) in [5, 5.41) is 0.500. The van der Waals surface area contributed by atoms with Crippen LogP contribution in [0.15, 0.2) is 57.7 Å². The molecule has 5 rings (SSSR count). The molecule has 1 amide bonds. The number of carbonyl (C=O) groups excluding carboxylic acids is 1. The Labute approximate surface area is 211 Å². The number of unbranched alkanes of at least 4 members (excludes halogenated alkanes) is 2. The highest BCUT2D eigenvalue weighted by Crippen LogP contribution is 2.38. The molecule has 0 N–H and O–H groups in total. The molecule has 1 unspecified atom stereocenters. The lowest BCUT2D eigenvalue weighted by molar-refractivity contribution is 0.0353. The summed E-state index contributed by atoms with van der Waals surface area (Å²) in [7, 11) is 0. The monoisotopic (exact) mass is 490 g/mol. The fraction of sp³-hybridized carbons (Fsp3) is 0.448. The third-order valence-electron chi connectivity index (χ3n) is 7.06. The number of morpholine rings is 1. The second-order valence-electron chi connectivity index (χ2n) is 9.50. The van der Waals surface area contributed by atoms with Gasteiger partial charge in [-0.15, -0.1) is 0 Å². The average Bonchev–Trinajstić information content (AvgIpc) is 3.19. The van der Waals surface area contributed by atoms with Gasteiger partial charge >= 0.3 is 0 Å². The van der Waals surface area contributed by atoms with Crippen LogP contribution in [0.25, 0.3) is 11.0 Å². The summed E-state index contributed by atoms with van der Waals surface area (Å²) in [6.45, 7) is 7.57. The zero-order chi connectivity index (χ0) is 24.9. The third-order valence-corrected chi connectivity index (χ3v) is 7.06. The van der Waals surface area contributed by atoms with E-state index >= 15 is 0 Å². The molecule has 1 aromatic heterocycles. The highest BCUT2D eigenvalue weighted by atomic mass is 16.5. The molecule has 3 heterocycles. The second-order valence-corrected chi connectivity index (χ2v) is 9.50. The minimum absolute atomic E-state index is 0.138. The minimum Gasteiger partial charge on any atom is -0.494 e. The normalized spacial score (nSPS) is 18.1. The molecule has 1 fully saturated rings. The molecule has 0 aliphatic carbocycles. The summed E-state index contributed by atoms with van der Waals surface area (Å²) in [6.07, 6.45) is 4.12. The maximum absolute atomic E-state index is 13.6. The highest BCUT2D eigenvalue weighted by molar-refractivity contribution is 5.99. The summed E-state index contributed by atoms with van der Waals surface area (Å²) in [6, 6.07) is 14.4. The van der Waals surface area contributed by atoms with Crippen molar-refractivity contribution in [3.05, 3.63) is 75.6 Å². The summed E-state index contributed by atoms with van der Waals surface area (Å²) in [5.74, 6) is 0.735. The van der Waals surface area contributed by atoms with E-state index in [4.69, 9.17) is 13.9 Å². The SMILES string of the molecule is CCCCCOc1ccc(C2c3c(oc4ccccc4c3=O)C(=O)N2CCCN2CCOCC2)cc1. The van der Waals surface area contributed by atoms with Crippen LogP contribution >= 0.6 is 0 Å². The van der Waals surface area contributed by atoms with E-state index in [1.165, 1.54) is 0 Å². The van der Waals surface area contributed by atoms with E-state index < -0.39 is 6.04 Å². The molecule has 7 heteroatoms. The first kappa shape index (κ1) is 24.5. The Balaban J connectivity index is 1.43. The van der Waals surface area contributed by atoms with Gasteiger partial charge in [-0.25, -0.2) is 0 Å². The molecule has 7 nitrogen and oxygen atoms in total. The lowest BCUT2D eigenvalue weighted by atomic mass is 9.98. The Hall–Kier alpha value is -3.16. The summed E-state index contributed by atoms with van der Waals surface area (Å²) in [5.41, 5.74) is 1.62. The highest BCUT2D eigenvalue weighted by Gasteiger charge is 2.42. The molecule has 2 aliphatic heterocycles. The van der Waals surface area contributed by atoms with Crippen molar-refractivity contribution in [3.63, 3.8) is 0 Å². The van der Waals surface area contributed by atoms with Crippen molar-refractivity contribution in [1.82, 2.24) is 9.80 Å². The Morgan fingerprint density at radius 3 is 2.50 bits per heavy atom. The van der Waals surface area contributed by atoms with Crippen molar-refractivity contribution >= 4 is 16.9 Å². The number of hydrogen-bond acceptors (Lipinski definition) is 6. The standard InChI is InChI=1S/C29H34N2O5/c1-2-3-6-18-35-22-12-10-21(11-13-22)26-25-27(32)23-8-4-5-9-24(23)36-28(25)29(33)31(26)15-7-14-30-16-19-34-20-17-30/h4-5,8-13,26H,2-3,6-7,14-20H2,1H3. The van der Waals surface area contributed by atoms with Crippen LogP contribution in [-0.4, -0.2) is 61.7 Å². The molecule has 36 heavy (non-hydrogen) atoms. The van der Waals surface area contributed by atoms with Crippen LogP contribution < -0.4 is 10.2 Å². The largest absolute Gasteiger partial charge is 0.494 e. The predicted molar refractivity (Wildman–Crippen MR) is 139 cm³/mol. The van der Waals surface area contributed by atoms with Crippen LogP contribution in [0.4, 0.5) is 0 Å². The van der Waals surface area contributed by atoms with Crippen molar-refractivity contribution in [3.8, 4) is 5.75 Å². The Bertz CT molecular complexity index is 1250. The van der Waals surface area contributed by atoms with Crippen molar-refractivity contribution in [2.75, 3.05) is 46.0 Å². The number of benzene rings is 2. The molecule has 190 valence electrons. The number of rotatable bonds is 10. The quantitative estimate of drug-likeness (QED) is 0.386. The van der Waals surface area contributed by atoms with Crippen LogP contribution in [0.2, 0.25) is 0 Å². The predicted octanol–water partition coefficient (Wildman–Crippen LogP) is 4.63. The summed E-state index contributed by atoms with van der Waals surface area (Å²) < 4.78 is 17.4. The minimum atomic E-state index is -0.479. The smallest absolute Gasteiger partial charge is 0.290 e. The molecule has 2 aromatic carbocycles. The number of para-hydroxylation sites is 1. The topological polar surface area (TPSA) is 72.2 Å². The molecule has 3 aromatic rings. The lowest BCUT2D eigenvalue weighted by Crippen LogP contribution is -2.38.